The van der Waals surface area contributed by atoms with Crippen molar-refractivity contribution in [3.63, 3.8) is 0 Å². The number of rotatable bonds is 34. The van der Waals surface area contributed by atoms with Gasteiger partial charge in [-0.25, -0.2) is 0 Å². The number of hydrogen-bond acceptors (Lipinski definition) is 6. The molecule has 0 aliphatic carbocycles. The summed E-state index contributed by atoms with van der Waals surface area (Å²) in [7, 11) is 0. The van der Waals surface area contributed by atoms with E-state index in [2.05, 4.69) is 35.1 Å². The zero-order chi connectivity index (χ0) is 33.9. The summed E-state index contributed by atoms with van der Waals surface area (Å²) in [5.74, 6) is -0.0854. The number of nitrogens with zero attached hydrogens (tertiary/aromatic N) is 1. The van der Waals surface area contributed by atoms with Crippen LogP contribution in [0.2, 0.25) is 0 Å². The van der Waals surface area contributed by atoms with E-state index in [1.807, 2.05) is 4.90 Å². The minimum absolute atomic E-state index is 0.0426. The van der Waals surface area contributed by atoms with Gasteiger partial charge < -0.3 is 31.9 Å². The number of nitrogens with two attached hydrogens (primary N) is 1. The predicted molar refractivity (Wildman–Crippen MR) is 190 cm³/mol. The van der Waals surface area contributed by atoms with Crippen LogP contribution in [0.1, 0.15) is 155 Å². The van der Waals surface area contributed by atoms with Crippen LogP contribution in [0.4, 0.5) is 0 Å². The number of carbonyl (C=O) groups excluding carboxylic acids is 4. The van der Waals surface area contributed by atoms with Crippen LogP contribution in [0.15, 0.2) is 0 Å². The molecule has 10 nitrogen and oxygen atoms in total. The molecule has 4 amide bonds. The molecule has 0 aliphatic rings. The topological polar surface area (TPSA) is 146 Å². The van der Waals surface area contributed by atoms with E-state index in [0.717, 1.165) is 25.7 Å². The van der Waals surface area contributed by atoms with Gasteiger partial charge in [-0.05, 0) is 12.8 Å². The van der Waals surface area contributed by atoms with E-state index in [1.54, 1.807) is 0 Å². The SMILES string of the molecule is CCCCCCCCCCCC(=O)NCCNC(=O)CCN(CCN)CCC(=O)NCCNC(=O)CCCCCCCCCCC. The van der Waals surface area contributed by atoms with Gasteiger partial charge in [0.25, 0.3) is 0 Å². The van der Waals surface area contributed by atoms with Crippen LogP contribution >= 0.6 is 0 Å². The summed E-state index contributed by atoms with van der Waals surface area (Å²) in [4.78, 5) is 50.6. The molecule has 0 heterocycles. The van der Waals surface area contributed by atoms with Crippen molar-refractivity contribution in [2.24, 2.45) is 5.73 Å². The molecule has 270 valence electrons. The average molecular weight is 653 g/mol. The number of nitrogens with one attached hydrogen (secondary N) is 4. The van der Waals surface area contributed by atoms with Crippen molar-refractivity contribution in [2.75, 3.05) is 52.4 Å². The van der Waals surface area contributed by atoms with Gasteiger partial charge in [0.2, 0.25) is 23.6 Å². The van der Waals surface area contributed by atoms with Crippen LogP contribution in [0.25, 0.3) is 0 Å². The van der Waals surface area contributed by atoms with Gasteiger partial charge in [0.15, 0.2) is 0 Å². The lowest BCUT2D eigenvalue weighted by atomic mass is 10.1. The Hall–Kier alpha value is -2.20. The summed E-state index contributed by atoms with van der Waals surface area (Å²) >= 11 is 0. The zero-order valence-corrected chi connectivity index (χ0v) is 29.9. The Bertz CT molecular complexity index is 694. The minimum atomic E-state index is -0.0854. The van der Waals surface area contributed by atoms with Crippen LogP contribution in [0.5, 0.6) is 0 Å². The maximum Gasteiger partial charge on any atom is 0.221 e. The van der Waals surface area contributed by atoms with Gasteiger partial charge in [0.1, 0.15) is 0 Å². The Morgan fingerprint density at radius 3 is 1.00 bits per heavy atom. The summed E-state index contributed by atoms with van der Waals surface area (Å²) in [6.07, 6.45) is 23.7. The second-order valence-electron chi connectivity index (χ2n) is 12.7. The van der Waals surface area contributed by atoms with E-state index in [0.29, 0.717) is 78.0 Å². The quantitative estimate of drug-likeness (QED) is 0.0594. The fourth-order valence-electron chi connectivity index (χ4n) is 5.39. The van der Waals surface area contributed by atoms with E-state index in [9.17, 15) is 19.2 Å². The second kappa shape index (κ2) is 34.1. The van der Waals surface area contributed by atoms with Gasteiger partial charge in [0, 0.05) is 78.0 Å². The van der Waals surface area contributed by atoms with Crippen molar-refractivity contribution in [2.45, 2.75) is 155 Å². The summed E-state index contributed by atoms with van der Waals surface area (Å²) in [6, 6.07) is 0. The highest BCUT2D eigenvalue weighted by Crippen LogP contribution is 2.11. The third-order valence-corrected chi connectivity index (χ3v) is 8.31. The number of unbranched alkanes of at least 4 members (excludes halogenated alkanes) is 16. The Balaban J connectivity index is 3.79. The molecule has 0 spiro atoms. The van der Waals surface area contributed by atoms with Crippen LogP contribution in [0.3, 0.4) is 0 Å². The fraction of sp³-hybridized carbons (Fsp3) is 0.889. The Morgan fingerprint density at radius 2 is 0.696 bits per heavy atom. The summed E-state index contributed by atoms with van der Waals surface area (Å²) in [5.41, 5.74) is 5.73. The van der Waals surface area contributed by atoms with Crippen molar-refractivity contribution in [3.05, 3.63) is 0 Å². The van der Waals surface area contributed by atoms with E-state index < -0.39 is 0 Å². The van der Waals surface area contributed by atoms with Gasteiger partial charge >= 0.3 is 0 Å². The van der Waals surface area contributed by atoms with Gasteiger partial charge in [0.05, 0.1) is 0 Å². The van der Waals surface area contributed by atoms with E-state index in [4.69, 9.17) is 5.73 Å². The van der Waals surface area contributed by atoms with Crippen LogP contribution in [-0.4, -0.2) is 80.9 Å². The lowest BCUT2D eigenvalue weighted by Gasteiger charge is -2.21. The first-order valence-corrected chi connectivity index (χ1v) is 18.9. The molecule has 0 rings (SSSR count). The highest BCUT2D eigenvalue weighted by molar-refractivity contribution is 5.78. The summed E-state index contributed by atoms with van der Waals surface area (Å²) in [6.45, 7) is 8.18. The molecule has 10 heteroatoms. The molecular formula is C36H72N6O4. The van der Waals surface area contributed by atoms with Crippen molar-refractivity contribution < 1.29 is 19.2 Å². The first-order valence-electron chi connectivity index (χ1n) is 18.9. The smallest absolute Gasteiger partial charge is 0.221 e. The second-order valence-corrected chi connectivity index (χ2v) is 12.7. The predicted octanol–water partition coefficient (Wildman–Crippen LogP) is 5.33. The van der Waals surface area contributed by atoms with E-state index >= 15 is 0 Å². The number of hydrogen-bond donors (Lipinski definition) is 5. The molecular weight excluding hydrogens is 580 g/mol. The normalized spacial score (nSPS) is 11.0. The van der Waals surface area contributed by atoms with Crippen molar-refractivity contribution in [3.8, 4) is 0 Å². The molecule has 0 saturated heterocycles. The lowest BCUT2D eigenvalue weighted by Crippen LogP contribution is -2.39. The van der Waals surface area contributed by atoms with Gasteiger partial charge in [-0.1, -0.05) is 117 Å². The van der Waals surface area contributed by atoms with Gasteiger partial charge in [-0.2, -0.15) is 0 Å². The maximum absolute atomic E-state index is 12.3. The number of amides is 4. The molecule has 0 aromatic rings. The fourth-order valence-corrected chi connectivity index (χ4v) is 5.39. The van der Waals surface area contributed by atoms with E-state index in [1.165, 1.54) is 89.9 Å². The molecule has 0 fully saturated rings. The molecule has 0 aliphatic heterocycles. The molecule has 0 atom stereocenters. The van der Waals surface area contributed by atoms with Crippen molar-refractivity contribution in [1.29, 1.82) is 0 Å². The molecule has 0 aromatic heterocycles. The largest absolute Gasteiger partial charge is 0.354 e. The summed E-state index contributed by atoms with van der Waals surface area (Å²) < 4.78 is 0. The van der Waals surface area contributed by atoms with Gasteiger partial charge in [-0.3, -0.25) is 19.2 Å². The van der Waals surface area contributed by atoms with Crippen LogP contribution < -0.4 is 27.0 Å². The maximum atomic E-state index is 12.3. The average Bonchev–Trinajstić information content (AvgIpc) is 3.04. The standard InChI is InChI=1S/C36H72N6O4/c1-3-5-7-9-11-13-15-17-19-21-33(43)38-26-28-40-35(45)23-30-42(32-25-37)31-24-36(46)41-29-27-39-34(44)22-20-18-16-14-12-10-8-6-4-2/h3-32,37H2,1-2H3,(H,38,43)(H,39,44)(H,40,45)(H,41,46). The highest BCUT2D eigenvalue weighted by Gasteiger charge is 2.11. The molecule has 0 saturated carbocycles. The first kappa shape index (κ1) is 43.8. The third kappa shape index (κ3) is 31.8. The molecule has 0 unspecified atom stereocenters. The zero-order valence-electron chi connectivity index (χ0n) is 29.9. The van der Waals surface area contributed by atoms with Crippen molar-refractivity contribution in [1.82, 2.24) is 26.2 Å². The highest BCUT2D eigenvalue weighted by atomic mass is 16.2. The Kier molecular flexibility index (Phi) is 32.5. The number of carbonyl (C=O) groups is 4. The van der Waals surface area contributed by atoms with Crippen LogP contribution in [-0.2, 0) is 19.2 Å². The van der Waals surface area contributed by atoms with Gasteiger partial charge in [-0.15, -0.1) is 0 Å². The molecule has 0 radical (unpaired) electrons. The monoisotopic (exact) mass is 653 g/mol. The Morgan fingerprint density at radius 1 is 0.413 bits per heavy atom. The lowest BCUT2D eigenvalue weighted by molar-refractivity contribution is -0.123. The molecule has 0 aromatic carbocycles. The summed E-state index contributed by atoms with van der Waals surface area (Å²) in [5, 5.41) is 11.5. The molecule has 0 bridgehead atoms. The van der Waals surface area contributed by atoms with Crippen molar-refractivity contribution >= 4 is 23.6 Å². The first-order chi connectivity index (χ1) is 22.4. The van der Waals surface area contributed by atoms with Crippen LogP contribution in [0, 0.1) is 0 Å². The third-order valence-electron chi connectivity index (χ3n) is 8.31. The molecule has 6 N–H and O–H groups in total. The van der Waals surface area contributed by atoms with E-state index in [-0.39, 0.29) is 23.6 Å². The molecule has 46 heavy (non-hydrogen) atoms. The minimum Gasteiger partial charge on any atom is -0.354 e. The Labute approximate surface area is 281 Å².